The Morgan fingerprint density at radius 3 is 1.45 bits per heavy atom. The van der Waals surface area contributed by atoms with Gasteiger partial charge >= 0.3 is 0 Å². The normalized spacial score (nSPS) is 19.1. The van der Waals surface area contributed by atoms with Crippen LogP contribution in [0.4, 0.5) is 0 Å². The highest BCUT2D eigenvalue weighted by molar-refractivity contribution is 6.25. The van der Waals surface area contributed by atoms with Crippen molar-refractivity contribution in [1.29, 1.82) is 0 Å². The van der Waals surface area contributed by atoms with Crippen molar-refractivity contribution in [2.24, 2.45) is 0 Å². The molecule has 0 saturated heterocycles. The van der Waals surface area contributed by atoms with Crippen LogP contribution < -0.4 is 0 Å². The molecule has 9 rings (SSSR count). The number of rotatable bonds is 3. The summed E-state index contributed by atoms with van der Waals surface area (Å²) in [6.45, 7) is 0. The average Bonchev–Trinajstić information content (AvgIpc) is 3.83. The second-order valence-electron chi connectivity index (χ2n) is 9.21. The van der Waals surface area contributed by atoms with E-state index in [1.54, 1.807) is 0 Å². The van der Waals surface area contributed by atoms with Crippen LogP contribution >= 0.6 is 0 Å². The standard InChI is InChI=1S/C40H24O2/c1-3-13-25(14-4-1)37-28-18-7-9-20-30(28)38(31-21-10-8-19-29(31)37)39-33-24-35-32(27-17-11-12-22-34(27)41-35)23-36(33)42-40(39)26-15-5-2-6-16-26/h1-24H/i1D,2D,3D,4D,5D,6D,7D,8D,9D,10D,11D,12D,13D,14D,15D,16D,17D,18D,19D,20D,21D,22D. The van der Waals surface area contributed by atoms with Gasteiger partial charge in [0.25, 0.3) is 0 Å². The molecule has 0 aliphatic rings. The van der Waals surface area contributed by atoms with E-state index < -0.39 is 182 Å². The molecule has 0 saturated carbocycles. The lowest BCUT2D eigenvalue weighted by Gasteiger charge is -2.18. The van der Waals surface area contributed by atoms with E-state index in [1.165, 1.54) is 12.1 Å². The summed E-state index contributed by atoms with van der Waals surface area (Å²) in [5.74, 6) is -0.566. The Kier molecular flexibility index (Phi) is 2.21. The third kappa shape index (κ3) is 3.33. The van der Waals surface area contributed by atoms with Gasteiger partial charge in [-0.25, -0.2) is 0 Å². The van der Waals surface area contributed by atoms with Gasteiger partial charge in [0.05, 0.1) is 30.2 Å². The van der Waals surface area contributed by atoms with Crippen LogP contribution in [-0.4, -0.2) is 0 Å². The second kappa shape index (κ2) is 8.95. The number of benzene rings is 7. The summed E-state index contributed by atoms with van der Waals surface area (Å²) in [4.78, 5) is 0. The molecule has 0 N–H and O–H groups in total. The lowest BCUT2D eigenvalue weighted by Crippen LogP contribution is -1.91. The summed E-state index contributed by atoms with van der Waals surface area (Å²) in [7, 11) is 0. The first-order chi connectivity index (χ1) is 30.0. The van der Waals surface area contributed by atoms with Crippen molar-refractivity contribution in [2.75, 3.05) is 0 Å². The minimum Gasteiger partial charge on any atom is -0.456 e. The smallest absolute Gasteiger partial charge is 0.143 e. The van der Waals surface area contributed by atoms with Crippen LogP contribution in [0.25, 0.3) is 88.0 Å². The van der Waals surface area contributed by atoms with Crippen LogP contribution in [0.3, 0.4) is 0 Å². The zero-order chi connectivity index (χ0) is 46.8. The Labute approximate surface area is 273 Å². The first-order valence-corrected chi connectivity index (χ1v) is 12.5. The molecular weight excluding hydrogens is 512 g/mol. The van der Waals surface area contributed by atoms with Crippen molar-refractivity contribution >= 4 is 54.5 Å². The minimum absolute atomic E-state index is 0.0671. The molecule has 2 aromatic heterocycles. The van der Waals surface area contributed by atoms with E-state index in [-0.39, 0.29) is 38.5 Å². The zero-order valence-corrected chi connectivity index (χ0v) is 21.0. The summed E-state index contributed by atoms with van der Waals surface area (Å²) in [5.41, 5.74) is -3.27. The lowest BCUT2D eigenvalue weighted by atomic mass is 9.84. The van der Waals surface area contributed by atoms with Gasteiger partial charge in [0.2, 0.25) is 0 Å². The molecule has 2 heterocycles. The third-order valence-corrected chi connectivity index (χ3v) is 7.03. The van der Waals surface area contributed by atoms with Crippen molar-refractivity contribution in [3.63, 3.8) is 0 Å². The van der Waals surface area contributed by atoms with Crippen LogP contribution in [0, 0.1) is 0 Å². The van der Waals surface area contributed by atoms with Crippen molar-refractivity contribution in [3.05, 3.63) is 145 Å². The topological polar surface area (TPSA) is 26.3 Å². The number of hydrogen-bond donors (Lipinski definition) is 0. The van der Waals surface area contributed by atoms with Gasteiger partial charge in [-0.15, -0.1) is 0 Å². The molecule has 0 atom stereocenters. The maximum absolute atomic E-state index is 9.44. The molecule has 0 bridgehead atoms. The Morgan fingerprint density at radius 1 is 0.333 bits per heavy atom. The molecule has 0 spiro atoms. The van der Waals surface area contributed by atoms with Crippen LogP contribution in [-0.2, 0) is 0 Å². The Hall–Kier alpha value is -5.60. The molecule has 2 heteroatoms. The van der Waals surface area contributed by atoms with E-state index in [2.05, 4.69) is 0 Å². The van der Waals surface area contributed by atoms with Crippen LogP contribution in [0.1, 0.15) is 30.2 Å². The number of para-hydroxylation sites is 1. The van der Waals surface area contributed by atoms with Crippen molar-refractivity contribution in [1.82, 2.24) is 0 Å². The molecule has 7 aromatic carbocycles. The maximum Gasteiger partial charge on any atom is 0.143 e. The fourth-order valence-electron chi connectivity index (χ4n) is 5.37. The van der Waals surface area contributed by atoms with Gasteiger partial charge in [-0.2, -0.15) is 0 Å². The van der Waals surface area contributed by atoms with Crippen molar-refractivity contribution in [3.8, 4) is 33.6 Å². The zero-order valence-electron chi connectivity index (χ0n) is 43.0. The number of hydrogen-bond acceptors (Lipinski definition) is 2. The van der Waals surface area contributed by atoms with Gasteiger partial charge in [0, 0.05) is 32.8 Å². The second-order valence-corrected chi connectivity index (χ2v) is 9.21. The first-order valence-electron chi connectivity index (χ1n) is 23.5. The summed E-state index contributed by atoms with van der Waals surface area (Å²) < 4.78 is 206. The Balaban J connectivity index is 1.66. The predicted molar refractivity (Wildman–Crippen MR) is 175 cm³/mol. The van der Waals surface area contributed by atoms with E-state index in [0.717, 1.165) is 0 Å². The molecule has 0 amide bonds. The fraction of sp³-hybridized carbons (Fsp3) is 0. The van der Waals surface area contributed by atoms with Crippen LogP contribution in [0.2, 0.25) is 0 Å². The van der Waals surface area contributed by atoms with E-state index in [4.69, 9.17) is 33.5 Å². The highest BCUT2D eigenvalue weighted by Crippen LogP contribution is 2.50. The molecule has 0 aliphatic heterocycles. The van der Waals surface area contributed by atoms with Gasteiger partial charge in [-0.05, 0) is 50.8 Å². The molecule has 196 valence electrons. The molecule has 9 aromatic rings. The van der Waals surface area contributed by atoms with Gasteiger partial charge in [0.15, 0.2) is 0 Å². The van der Waals surface area contributed by atoms with Crippen LogP contribution in [0.5, 0.6) is 0 Å². The Morgan fingerprint density at radius 2 is 0.810 bits per heavy atom. The largest absolute Gasteiger partial charge is 0.456 e. The molecule has 0 aliphatic carbocycles. The minimum atomic E-state index is -0.885. The molecular formula is C40H24O2. The highest BCUT2D eigenvalue weighted by Gasteiger charge is 2.25. The molecule has 0 fully saturated rings. The van der Waals surface area contributed by atoms with Crippen molar-refractivity contribution < 1.29 is 39.0 Å². The van der Waals surface area contributed by atoms with Crippen molar-refractivity contribution in [2.45, 2.75) is 0 Å². The first kappa shape index (κ1) is 10.3. The van der Waals surface area contributed by atoms with Gasteiger partial charge < -0.3 is 8.83 Å². The average molecular weight is 559 g/mol. The summed E-state index contributed by atoms with van der Waals surface area (Å²) in [6.07, 6.45) is 0. The van der Waals surface area contributed by atoms with E-state index in [0.29, 0.717) is 0 Å². The SMILES string of the molecule is [2H]c1c([2H])c([2H])c(-c2oc3cc4c(cc3c2-c2c3c([2H])c([2H])c([2H])c([2H])c3c(-c3c([2H])c([2H])c([2H])c([2H])c3[2H])c3c([2H])c([2H])c([2H])c([2H])c23)oc2c([2H])c([2H])c([2H])c([2H])c24)c([2H])c1[2H]. The molecule has 0 radical (unpaired) electrons. The summed E-state index contributed by atoms with van der Waals surface area (Å²) >= 11 is 0. The third-order valence-electron chi connectivity index (χ3n) is 7.03. The highest BCUT2D eigenvalue weighted by atomic mass is 16.3. The van der Waals surface area contributed by atoms with E-state index >= 15 is 0 Å². The van der Waals surface area contributed by atoms with Gasteiger partial charge in [-0.1, -0.05) is 127 Å². The number of fused-ring (bicyclic) bond motifs is 6. The number of furan rings is 2. The van der Waals surface area contributed by atoms with E-state index in [1.807, 2.05) is 0 Å². The monoisotopic (exact) mass is 558 g/mol. The van der Waals surface area contributed by atoms with Gasteiger partial charge in [0.1, 0.15) is 22.5 Å². The van der Waals surface area contributed by atoms with E-state index in [9.17, 15) is 5.48 Å². The van der Waals surface area contributed by atoms with Gasteiger partial charge in [-0.3, -0.25) is 0 Å². The van der Waals surface area contributed by atoms with Crippen LogP contribution in [0.15, 0.2) is 154 Å². The summed E-state index contributed by atoms with van der Waals surface area (Å²) in [6, 6.07) is -15.1. The maximum atomic E-state index is 9.44. The molecule has 42 heavy (non-hydrogen) atoms. The quantitative estimate of drug-likeness (QED) is 0.202. The fourth-order valence-corrected chi connectivity index (χ4v) is 5.37. The molecule has 0 unspecified atom stereocenters. The lowest BCUT2D eigenvalue weighted by molar-refractivity contribution is 0.632. The molecule has 2 nitrogen and oxygen atoms in total. The Bertz CT molecular complexity index is 3560. The predicted octanol–water partition coefficient (Wildman–Crippen LogP) is 11.6. The summed E-state index contributed by atoms with van der Waals surface area (Å²) in [5, 5.41) is -2.39.